The number of nitrogen functional groups attached to an aromatic ring is 1. The SMILES string of the molecule is CCSCCSc1cc(Cl)ccc1N. The highest BCUT2D eigenvalue weighted by Crippen LogP contribution is 2.28. The van der Waals surface area contributed by atoms with Gasteiger partial charge in [0.1, 0.15) is 0 Å². The summed E-state index contributed by atoms with van der Waals surface area (Å²) in [7, 11) is 0. The van der Waals surface area contributed by atoms with Crippen LogP contribution in [0.25, 0.3) is 0 Å². The average molecular weight is 248 g/mol. The standard InChI is InChI=1S/C10H14ClNS2/c1-2-13-5-6-14-10-7-8(11)3-4-9(10)12/h3-4,7H,2,5-6,12H2,1H3. The summed E-state index contributed by atoms with van der Waals surface area (Å²) in [6, 6.07) is 5.61. The van der Waals surface area contributed by atoms with E-state index in [0.717, 1.165) is 27.1 Å². The van der Waals surface area contributed by atoms with Gasteiger partial charge in [0.25, 0.3) is 0 Å². The van der Waals surface area contributed by atoms with Crippen molar-refractivity contribution < 1.29 is 0 Å². The van der Waals surface area contributed by atoms with E-state index in [1.807, 2.05) is 30.0 Å². The van der Waals surface area contributed by atoms with Gasteiger partial charge in [0.05, 0.1) is 0 Å². The van der Waals surface area contributed by atoms with Gasteiger partial charge < -0.3 is 5.73 Å². The number of nitrogens with two attached hydrogens (primary N) is 1. The van der Waals surface area contributed by atoms with Gasteiger partial charge in [-0.15, -0.1) is 11.8 Å². The first-order valence-corrected chi connectivity index (χ1v) is 7.01. The van der Waals surface area contributed by atoms with Crippen LogP contribution in [0.4, 0.5) is 5.69 Å². The summed E-state index contributed by atoms with van der Waals surface area (Å²) in [6.07, 6.45) is 0. The first-order valence-electron chi connectivity index (χ1n) is 4.49. The minimum Gasteiger partial charge on any atom is -0.398 e. The van der Waals surface area contributed by atoms with Crippen LogP contribution in [-0.2, 0) is 0 Å². The van der Waals surface area contributed by atoms with Gasteiger partial charge in [-0.05, 0) is 24.0 Å². The van der Waals surface area contributed by atoms with Crippen LogP contribution < -0.4 is 5.73 Å². The molecule has 0 aromatic heterocycles. The normalized spacial score (nSPS) is 10.4. The monoisotopic (exact) mass is 247 g/mol. The topological polar surface area (TPSA) is 26.0 Å². The van der Waals surface area contributed by atoms with Crippen molar-refractivity contribution in [3.63, 3.8) is 0 Å². The second-order valence-corrected chi connectivity index (χ2v) is 5.69. The predicted molar refractivity (Wildman–Crippen MR) is 69.6 cm³/mol. The molecule has 0 amide bonds. The molecular formula is C10H14ClNS2. The van der Waals surface area contributed by atoms with Gasteiger partial charge in [0.2, 0.25) is 0 Å². The van der Waals surface area contributed by atoms with Gasteiger partial charge in [-0.1, -0.05) is 18.5 Å². The molecule has 0 heterocycles. The van der Waals surface area contributed by atoms with E-state index >= 15 is 0 Å². The number of halogens is 1. The second-order valence-electron chi connectivity index (χ2n) is 2.73. The Hall–Kier alpha value is 0.01000. The molecule has 0 atom stereocenters. The molecule has 0 saturated heterocycles. The van der Waals surface area contributed by atoms with Crippen LogP contribution in [0.3, 0.4) is 0 Å². The third-order valence-corrected chi connectivity index (χ3v) is 4.13. The fourth-order valence-electron chi connectivity index (χ4n) is 0.988. The quantitative estimate of drug-likeness (QED) is 0.487. The third kappa shape index (κ3) is 4.03. The molecule has 1 rings (SSSR count). The Bertz CT molecular complexity index is 291. The highest BCUT2D eigenvalue weighted by atomic mass is 35.5. The van der Waals surface area contributed by atoms with Crippen LogP contribution in [-0.4, -0.2) is 17.3 Å². The molecule has 0 fully saturated rings. The Balaban J connectivity index is 2.45. The summed E-state index contributed by atoms with van der Waals surface area (Å²) in [5.41, 5.74) is 6.64. The molecule has 0 aliphatic carbocycles. The summed E-state index contributed by atoms with van der Waals surface area (Å²) in [5, 5.41) is 0.754. The summed E-state index contributed by atoms with van der Waals surface area (Å²) < 4.78 is 0. The van der Waals surface area contributed by atoms with Crippen LogP contribution in [0.2, 0.25) is 5.02 Å². The van der Waals surface area contributed by atoms with Gasteiger partial charge in [-0.3, -0.25) is 0 Å². The van der Waals surface area contributed by atoms with E-state index in [9.17, 15) is 0 Å². The van der Waals surface area contributed by atoms with Crippen molar-refractivity contribution >= 4 is 40.8 Å². The summed E-state index contributed by atoms with van der Waals surface area (Å²) in [5.74, 6) is 3.42. The number of anilines is 1. The minimum absolute atomic E-state index is 0.754. The Morgan fingerprint density at radius 1 is 1.36 bits per heavy atom. The molecule has 0 radical (unpaired) electrons. The lowest BCUT2D eigenvalue weighted by molar-refractivity contribution is 1.43. The molecule has 0 aliphatic rings. The van der Waals surface area contributed by atoms with Crippen LogP contribution in [0.15, 0.2) is 23.1 Å². The first kappa shape index (κ1) is 12.1. The van der Waals surface area contributed by atoms with Crippen molar-refractivity contribution in [2.75, 3.05) is 23.0 Å². The largest absolute Gasteiger partial charge is 0.398 e. The van der Waals surface area contributed by atoms with E-state index < -0.39 is 0 Å². The lowest BCUT2D eigenvalue weighted by Crippen LogP contribution is -1.90. The number of benzene rings is 1. The zero-order valence-corrected chi connectivity index (χ0v) is 10.5. The average Bonchev–Trinajstić information content (AvgIpc) is 2.18. The van der Waals surface area contributed by atoms with Crippen molar-refractivity contribution in [1.82, 2.24) is 0 Å². The van der Waals surface area contributed by atoms with Gasteiger partial charge in [0.15, 0.2) is 0 Å². The van der Waals surface area contributed by atoms with Crippen molar-refractivity contribution in [1.29, 1.82) is 0 Å². The fraction of sp³-hybridized carbons (Fsp3) is 0.400. The second kappa shape index (κ2) is 6.49. The summed E-state index contributed by atoms with van der Waals surface area (Å²) >= 11 is 9.60. The van der Waals surface area contributed by atoms with Gasteiger partial charge in [0, 0.05) is 27.1 Å². The fourth-order valence-corrected chi connectivity index (χ4v) is 2.98. The highest BCUT2D eigenvalue weighted by Gasteiger charge is 2.00. The number of thioether (sulfide) groups is 2. The lowest BCUT2D eigenvalue weighted by Gasteiger charge is -2.05. The zero-order chi connectivity index (χ0) is 10.4. The highest BCUT2D eigenvalue weighted by molar-refractivity contribution is 8.03. The van der Waals surface area contributed by atoms with Gasteiger partial charge in [-0.2, -0.15) is 11.8 Å². The molecule has 14 heavy (non-hydrogen) atoms. The van der Waals surface area contributed by atoms with E-state index in [4.69, 9.17) is 17.3 Å². The lowest BCUT2D eigenvalue weighted by atomic mass is 10.3. The van der Waals surface area contributed by atoms with E-state index in [-0.39, 0.29) is 0 Å². The van der Waals surface area contributed by atoms with Crippen LogP contribution >= 0.6 is 35.1 Å². The number of hydrogen-bond donors (Lipinski definition) is 1. The van der Waals surface area contributed by atoms with Crippen LogP contribution in [0.1, 0.15) is 6.92 Å². The maximum Gasteiger partial charge on any atom is 0.0453 e. The summed E-state index contributed by atoms with van der Waals surface area (Å²) in [4.78, 5) is 1.09. The van der Waals surface area contributed by atoms with Crippen LogP contribution in [0, 0.1) is 0 Å². The van der Waals surface area contributed by atoms with Crippen LogP contribution in [0.5, 0.6) is 0 Å². The molecule has 2 N–H and O–H groups in total. The van der Waals surface area contributed by atoms with Crippen molar-refractivity contribution in [3.05, 3.63) is 23.2 Å². The van der Waals surface area contributed by atoms with E-state index in [2.05, 4.69) is 6.92 Å². The third-order valence-electron chi connectivity index (χ3n) is 1.66. The Kier molecular flexibility index (Phi) is 5.60. The van der Waals surface area contributed by atoms with E-state index in [1.54, 1.807) is 11.8 Å². The maximum absolute atomic E-state index is 5.88. The first-order chi connectivity index (χ1) is 6.74. The predicted octanol–water partition coefficient (Wildman–Crippen LogP) is 3.77. The van der Waals surface area contributed by atoms with Crippen molar-refractivity contribution in [2.24, 2.45) is 0 Å². The molecule has 0 bridgehead atoms. The molecule has 1 nitrogen and oxygen atoms in total. The summed E-state index contributed by atoms with van der Waals surface area (Å²) in [6.45, 7) is 2.17. The van der Waals surface area contributed by atoms with Gasteiger partial charge in [-0.25, -0.2) is 0 Å². The van der Waals surface area contributed by atoms with E-state index in [1.165, 1.54) is 5.75 Å². The number of hydrogen-bond acceptors (Lipinski definition) is 3. The number of rotatable bonds is 5. The zero-order valence-electron chi connectivity index (χ0n) is 8.13. The molecule has 4 heteroatoms. The molecule has 0 aliphatic heterocycles. The van der Waals surface area contributed by atoms with Crippen molar-refractivity contribution in [3.8, 4) is 0 Å². The maximum atomic E-state index is 5.88. The Morgan fingerprint density at radius 3 is 2.86 bits per heavy atom. The molecule has 1 aromatic carbocycles. The Labute approximate surface area is 98.8 Å². The molecule has 0 unspecified atom stereocenters. The molecular weight excluding hydrogens is 234 g/mol. The van der Waals surface area contributed by atoms with Crippen molar-refractivity contribution in [2.45, 2.75) is 11.8 Å². The molecule has 1 aromatic rings. The molecule has 78 valence electrons. The van der Waals surface area contributed by atoms with Gasteiger partial charge >= 0.3 is 0 Å². The Morgan fingerprint density at radius 2 is 2.14 bits per heavy atom. The van der Waals surface area contributed by atoms with E-state index in [0.29, 0.717) is 0 Å². The minimum atomic E-state index is 0.754. The molecule has 0 saturated carbocycles. The molecule has 0 spiro atoms. The smallest absolute Gasteiger partial charge is 0.0453 e.